The predicted molar refractivity (Wildman–Crippen MR) is 66.9 cm³/mol. The van der Waals surface area contributed by atoms with E-state index in [1.807, 2.05) is 0 Å². The average molecular weight is 252 g/mol. The van der Waals surface area contributed by atoms with E-state index in [2.05, 4.69) is 5.32 Å². The molecule has 0 aliphatic carbocycles. The summed E-state index contributed by atoms with van der Waals surface area (Å²) >= 11 is 0. The number of nitrogen functional groups attached to an aromatic ring is 1. The molecule has 5 heteroatoms. The molecule has 1 fully saturated rings. The number of hydrogen-bond acceptors (Lipinski definition) is 3. The van der Waals surface area contributed by atoms with Crippen LogP contribution in [0.1, 0.15) is 28.8 Å². The van der Waals surface area contributed by atoms with Gasteiger partial charge in [-0.05, 0) is 37.5 Å². The van der Waals surface area contributed by atoms with Gasteiger partial charge in [-0.2, -0.15) is 0 Å². The number of nitrogens with one attached hydrogen (secondary N) is 1. The molecule has 1 aliphatic heterocycles. The second kappa shape index (κ2) is 5.35. The number of aryl methyl sites for hydroxylation is 1. The van der Waals surface area contributed by atoms with Gasteiger partial charge in [-0.15, -0.1) is 0 Å². The van der Waals surface area contributed by atoms with Gasteiger partial charge < -0.3 is 15.8 Å². The van der Waals surface area contributed by atoms with Gasteiger partial charge in [0.1, 0.15) is 5.82 Å². The first kappa shape index (κ1) is 12.8. The van der Waals surface area contributed by atoms with E-state index in [-0.39, 0.29) is 11.7 Å². The summed E-state index contributed by atoms with van der Waals surface area (Å²) in [5, 5.41) is 2.68. The molecule has 0 aromatic heterocycles. The summed E-state index contributed by atoms with van der Waals surface area (Å²) in [5.41, 5.74) is 6.36. The van der Waals surface area contributed by atoms with Gasteiger partial charge in [-0.25, -0.2) is 4.39 Å². The lowest BCUT2D eigenvalue weighted by molar-refractivity contribution is 0.0854. The molecule has 1 unspecified atom stereocenters. The SMILES string of the molecule is Cc1cc(N)cc(C(=O)NCC2CCCO2)c1F. The summed E-state index contributed by atoms with van der Waals surface area (Å²) in [6.45, 7) is 2.72. The van der Waals surface area contributed by atoms with Gasteiger partial charge in [0.05, 0.1) is 11.7 Å². The van der Waals surface area contributed by atoms with Gasteiger partial charge in [-0.3, -0.25) is 4.79 Å². The first-order valence-electron chi connectivity index (χ1n) is 6.03. The van der Waals surface area contributed by atoms with Crippen LogP contribution in [-0.2, 0) is 4.74 Å². The number of anilines is 1. The van der Waals surface area contributed by atoms with Crippen LogP contribution in [0.2, 0.25) is 0 Å². The molecule has 0 spiro atoms. The molecule has 1 aliphatic rings. The van der Waals surface area contributed by atoms with Crippen LogP contribution < -0.4 is 11.1 Å². The smallest absolute Gasteiger partial charge is 0.254 e. The molecule has 0 radical (unpaired) electrons. The van der Waals surface area contributed by atoms with Gasteiger partial charge in [-0.1, -0.05) is 0 Å². The number of carbonyl (C=O) groups is 1. The Kier molecular flexibility index (Phi) is 3.81. The van der Waals surface area contributed by atoms with Crippen LogP contribution in [0.4, 0.5) is 10.1 Å². The maximum atomic E-state index is 13.8. The van der Waals surface area contributed by atoms with E-state index in [0.29, 0.717) is 17.8 Å². The van der Waals surface area contributed by atoms with E-state index in [1.165, 1.54) is 12.1 Å². The number of benzene rings is 1. The quantitative estimate of drug-likeness (QED) is 0.803. The van der Waals surface area contributed by atoms with E-state index in [0.717, 1.165) is 19.4 Å². The molecule has 98 valence electrons. The summed E-state index contributed by atoms with van der Waals surface area (Å²) < 4.78 is 19.2. The minimum absolute atomic E-state index is 0.00880. The Morgan fingerprint density at radius 3 is 3.06 bits per heavy atom. The fraction of sp³-hybridized carbons (Fsp3) is 0.462. The minimum Gasteiger partial charge on any atom is -0.399 e. The van der Waals surface area contributed by atoms with Gasteiger partial charge >= 0.3 is 0 Å². The van der Waals surface area contributed by atoms with Crippen molar-refractivity contribution in [3.05, 3.63) is 29.1 Å². The van der Waals surface area contributed by atoms with Gasteiger partial charge in [0.2, 0.25) is 0 Å². The largest absolute Gasteiger partial charge is 0.399 e. The third-order valence-corrected chi connectivity index (χ3v) is 3.04. The third-order valence-electron chi connectivity index (χ3n) is 3.04. The van der Waals surface area contributed by atoms with Crippen LogP contribution in [0.25, 0.3) is 0 Å². The normalized spacial score (nSPS) is 18.9. The van der Waals surface area contributed by atoms with E-state index < -0.39 is 11.7 Å². The molecule has 3 N–H and O–H groups in total. The number of hydrogen-bond donors (Lipinski definition) is 2. The van der Waals surface area contributed by atoms with E-state index in [9.17, 15) is 9.18 Å². The summed E-state index contributed by atoms with van der Waals surface area (Å²) in [7, 11) is 0. The van der Waals surface area contributed by atoms with Crippen molar-refractivity contribution in [2.45, 2.75) is 25.9 Å². The van der Waals surface area contributed by atoms with E-state index in [4.69, 9.17) is 10.5 Å². The fourth-order valence-electron chi connectivity index (χ4n) is 2.07. The fourth-order valence-corrected chi connectivity index (χ4v) is 2.07. The molecule has 1 atom stereocenters. The second-order valence-electron chi connectivity index (χ2n) is 4.54. The van der Waals surface area contributed by atoms with Crippen molar-refractivity contribution >= 4 is 11.6 Å². The van der Waals surface area contributed by atoms with Crippen LogP contribution in [0.15, 0.2) is 12.1 Å². The first-order chi connectivity index (χ1) is 8.58. The highest BCUT2D eigenvalue weighted by molar-refractivity contribution is 5.95. The lowest BCUT2D eigenvalue weighted by Gasteiger charge is -2.12. The molecule has 0 bridgehead atoms. The van der Waals surface area contributed by atoms with Crippen molar-refractivity contribution < 1.29 is 13.9 Å². The molecule has 1 aromatic carbocycles. The molecular formula is C13H17FN2O2. The lowest BCUT2D eigenvalue weighted by Crippen LogP contribution is -2.32. The number of carbonyl (C=O) groups excluding carboxylic acids is 1. The Balaban J connectivity index is 2.04. The van der Waals surface area contributed by atoms with Crippen LogP contribution in [0.3, 0.4) is 0 Å². The zero-order valence-corrected chi connectivity index (χ0v) is 10.3. The van der Waals surface area contributed by atoms with Gasteiger partial charge in [0.15, 0.2) is 0 Å². The average Bonchev–Trinajstić information content (AvgIpc) is 2.83. The van der Waals surface area contributed by atoms with E-state index in [1.54, 1.807) is 6.92 Å². The number of rotatable bonds is 3. The van der Waals surface area contributed by atoms with Crippen molar-refractivity contribution in [3.8, 4) is 0 Å². The number of nitrogens with two attached hydrogens (primary N) is 1. The highest BCUT2D eigenvalue weighted by atomic mass is 19.1. The zero-order chi connectivity index (χ0) is 13.1. The van der Waals surface area contributed by atoms with Crippen LogP contribution in [-0.4, -0.2) is 25.2 Å². The van der Waals surface area contributed by atoms with E-state index >= 15 is 0 Å². The summed E-state index contributed by atoms with van der Waals surface area (Å²) in [4.78, 5) is 11.9. The zero-order valence-electron chi connectivity index (χ0n) is 10.3. The number of halogens is 1. The number of ether oxygens (including phenoxy) is 1. The van der Waals surface area contributed by atoms with Crippen molar-refractivity contribution in [3.63, 3.8) is 0 Å². The molecule has 0 saturated carbocycles. The Hall–Kier alpha value is -1.62. The standard InChI is InChI=1S/C13H17FN2O2/c1-8-5-9(15)6-11(12(8)14)13(17)16-7-10-3-2-4-18-10/h5-6,10H,2-4,7,15H2,1H3,(H,16,17). The van der Waals surface area contributed by atoms with Crippen LogP contribution >= 0.6 is 0 Å². The summed E-state index contributed by atoms with van der Waals surface area (Å²) in [6.07, 6.45) is 1.98. The highest BCUT2D eigenvalue weighted by Gasteiger charge is 2.19. The Morgan fingerprint density at radius 1 is 1.61 bits per heavy atom. The third kappa shape index (κ3) is 2.79. The predicted octanol–water partition coefficient (Wildman–Crippen LogP) is 1.63. The topological polar surface area (TPSA) is 64.4 Å². The maximum absolute atomic E-state index is 13.8. The first-order valence-corrected chi connectivity index (χ1v) is 6.03. The van der Waals surface area contributed by atoms with Crippen LogP contribution in [0, 0.1) is 12.7 Å². The molecule has 1 amide bonds. The van der Waals surface area contributed by atoms with Crippen molar-refractivity contribution in [2.24, 2.45) is 0 Å². The molecule has 1 heterocycles. The Labute approximate surface area is 105 Å². The minimum atomic E-state index is -0.519. The number of amides is 1. The molecule has 1 aromatic rings. The molecule has 18 heavy (non-hydrogen) atoms. The Morgan fingerprint density at radius 2 is 2.39 bits per heavy atom. The van der Waals surface area contributed by atoms with Gasteiger partial charge in [0.25, 0.3) is 5.91 Å². The van der Waals surface area contributed by atoms with Gasteiger partial charge in [0, 0.05) is 18.8 Å². The second-order valence-corrected chi connectivity index (χ2v) is 4.54. The molecule has 1 saturated heterocycles. The summed E-state index contributed by atoms with van der Waals surface area (Å²) in [6, 6.07) is 2.86. The molecular weight excluding hydrogens is 235 g/mol. The molecule has 2 rings (SSSR count). The maximum Gasteiger partial charge on any atom is 0.254 e. The van der Waals surface area contributed by atoms with Crippen molar-refractivity contribution in [2.75, 3.05) is 18.9 Å². The highest BCUT2D eigenvalue weighted by Crippen LogP contribution is 2.17. The van der Waals surface area contributed by atoms with Crippen molar-refractivity contribution in [1.82, 2.24) is 5.32 Å². The van der Waals surface area contributed by atoms with Crippen LogP contribution in [0.5, 0.6) is 0 Å². The van der Waals surface area contributed by atoms with Crippen molar-refractivity contribution in [1.29, 1.82) is 0 Å². The summed E-state index contributed by atoms with van der Waals surface area (Å²) in [5.74, 6) is -0.965. The molecule has 4 nitrogen and oxygen atoms in total. The lowest BCUT2D eigenvalue weighted by atomic mass is 10.1. The Bertz CT molecular complexity index is 457. The monoisotopic (exact) mass is 252 g/mol.